The van der Waals surface area contributed by atoms with Gasteiger partial charge in [-0.25, -0.2) is 9.69 Å². The molecule has 0 unspecified atom stereocenters. The van der Waals surface area contributed by atoms with Crippen molar-refractivity contribution in [3.63, 3.8) is 0 Å². The molecular weight excluding hydrogens is 470 g/mol. The first kappa shape index (κ1) is 22.6. The van der Waals surface area contributed by atoms with Crippen molar-refractivity contribution in [1.29, 1.82) is 0 Å². The summed E-state index contributed by atoms with van der Waals surface area (Å²) in [5.74, 6) is -0.235. The number of anilines is 1. The number of urea groups is 1. The monoisotopic (exact) mass is 487 g/mol. The first-order valence-electron chi connectivity index (χ1n) is 10.7. The lowest BCUT2D eigenvalue weighted by Crippen LogP contribution is -2.54. The Bertz CT molecular complexity index is 1430. The van der Waals surface area contributed by atoms with E-state index in [0.717, 1.165) is 4.90 Å². The summed E-state index contributed by atoms with van der Waals surface area (Å²) in [5.41, 5.74) is 1.13. The van der Waals surface area contributed by atoms with Gasteiger partial charge in [0.1, 0.15) is 17.9 Å². The Morgan fingerprint density at radius 3 is 2.56 bits per heavy atom. The molecule has 4 amide bonds. The Morgan fingerprint density at radius 1 is 1.00 bits per heavy atom. The Hall–Kier alpha value is -5.19. The number of nitro groups is 1. The van der Waals surface area contributed by atoms with Crippen molar-refractivity contribution in [2.45, 2.75) is 6.61 Å². The van der Waals surface area contributed by atoms with E-state index in [-0.39, 0.29) is 30.3 Å². The molecule has 0 saturated carbocycles. The van der Waals surface area contributed by atoms with Crippen LogP contribution in [-0.2, 0) is 16.2 Å². The van der Waals surface area contributed by atoms with E-state index in [9.17, 15) is 24.5 Å². The van der Waals surface area contributed by atoms with E-state index in [1.165, 1.54) is 30.3 Å². The number of barbiturate groups is 1. The second kappa shape index (κ2) is 9.22. The highest BCUT2D eigenvalue weighted by Gasteiger charge is 2.37. The molecule has 180 valence electrons. The van der Waals surface area contributed by atoms with Crippen molar-refractivity contribution in [2.24, 2.45) is 0 Å². The second-order valence-corrected chi connectivity index (χ2v) is 7.78. The number of nitrogens with one attached hydrogen (secondary N) is 1. The highest BCUT2D eigenvalue weighted by atomic mass is 16.7. The fourth-order valence-electron chi connectivity index (χ4n) is 3.67. The number of nitrogens with zero attached hydrogens (tertiary/aromatic N) is 2. The van der Waals surface area contributed by atoms with Crippen LogP contribution in [0.25, 0.3) is 6.08 Å². The van der Waals surface area contributed by atoms with Crippen LogP contribution >= 0.6 is 0 Å². The van der Waals surface area contributed by atoms with Crippen LogP contribution in [-0.4, -0.2) is 29.6 Å². The molecule has 1 fully saturated rings. The summed E-state index contributed by atoms with van der Waals surface area (Å²) >= 11 is 0. The lowest BCUT2D eigenvalue weighted by molar-refractivity contribution is -0.384. The number of fused-ring (bicyclic) bond motifs is 1. The number of hydrogen-bond donors (Lipinski definition) is 1. The Morgan fingerprint density at radius 2 is 1.78 bits per heavy atom. The highest BCUT2D eigenvalue weighted by Crippen LogP contribution is 2.36. The molecule has 0 aliphatic carbocycles. The van der Waals surface area contributed by atoms with Gasteiger partial charge in [0.25, 0.3) is 17.5 Å². The van der Waals surface area contributed by atoms with E-state index >= 15 is 0 Å². The predicted molar refractivity (Wildman–Crippen MR) is 125 cm³/mol. The maximum atomic E-state index is 13.1. The second-order valence-electron chi connectivity index (χ2n) is 7.78. The standard InChI is InChI=1S/C25H17N3O8/c29-23-20(24(30)27(25(31)26-23)17-6-9-21-22(12-17)36-14-35-21)11-15-4-7-19(8-5-15)34-13-16-2-1-3-18(10-16)28(32)33/h1-12H,13-14H2,(H,26,29,31). The molecule has 36 heavy (non-hydrogen) atoms. The normalized spacial score (nSPS) is 15.7. The van der Waals surface area contributed by atoms with E-state index < -0.39 is 22.8 Å². The van der Waals surface area contributed by atoms with Crippen LogP contribution in [0.15, 0.2) is 72.3 Å². The quantitative estimate of drug-likeness (QED) is 0.241. The summed E-state index contributed by atoms with van der Waals surface area (Å²) in [6, 6.07) is 16.4. The summed E-state index contributed by atoms with van der Waals surface area (Å²) in [6.45, 7) is 0.156. The van der Waals surface area contributed by atoms with E-state index in [4.69, 9.17) is 14.2 Å². The van der Waals surface area contributed by atoms with Gasteiger partial charge in [0, 0.05) is 18.2 Å². The van der Waals surface area contributed by atoms with Crippen LogP contribution in [0.2, 0.25) is 0 Å². The molecule has 0 atom stereocenters. The minimum absolute atomic E-state index is 0.0261. The van der Waals surface area contributed by atoms with Gasteiger partial charge < -0.3 is 14.2 Å². The van der Waals surface area contributed by atoms with Crippen molar-refractivity contribution < 1.29 is 33.5 Å². The number of carbonyl (C=O) groups excluding carboxylic acids is 3. The number of carbonyl (C=O) groups is 3. The van der Waals surface area contributed by atoms with Crippen molar-refractivity contribution in [3.8, 4) is 17.2 Å². The van der Waals surface area contributed by atoms with Gasteiger partial charge >= 0.3 is 6.03 Å². The predicted octanol–water partition coefficient (Wildman–Crippen LogP) is 3.57. The highest BCUT2D eigenvalue weighted by molar-refractivity contribution is 6.39. The van der Waals surface area contributed by atoms with Gasteiger partial charge in [-0.15, -0.1) is 0 Å². The van der Waals surface area contributed by atoms with E-state index in [0.29, 0.717) is 28.4 Å². The maximum absolute atomic E-state index is 13.1. The fraction of sp³-hybridized carbons (Fsp3) is 0.0800. The van der Waals surface area contributed by atoms with E-state index in [1.807, 2.05) is 0 Å². The van der Waals surface area contributed by atoms with Gasteiger partial charge in [-0.1, -0.05) is 24.3 Å². The summed E-state index contributed by atoms with van der Waals surface area (Å²) < 4.78 is 16.2. The Labute approximate surface area is 203 Å². The summed E-state index contributed by atoms with van der Waals surface area (Å²) in [6.07, 6.45) is 1.37. The fourth-order valence-corrected chi connectivity index (χ4v) is 3.67. The molecule has 1 N–H and O–H groups in total. The number of rotatable bonds is 6. The molecule has 0 radical (unpaired) electrons. The number of nitro benzene ring substituents is 1. The molecule has 0 spiro atoms. The molecule has 2 heterocycles. The third-order valence-corrected chi connectivity index (χ3v) is 5.43. The van der Waals surface area contributed by atoms with Crippen molar-refractivity contribution in [1.82, 2.24) is 5.32 Å². The van der Waals surface area contributed by atoms with Gasteiger partial charge in [0.15, 0.2) is 11.5 Å². The van der Waals surface area contributed by atoms with Crippen LogP contribution in [0.3, 0.4) is 0 Å². The molecule has 0 bridgehead atoms. The van der Waals surface area contributed by atoms with Gasteiger partial charge in [0.05, 0.1) is 10.6 Å². The number of ether oxygens (including phenoxy) is 3. The van der Waals surface area contributed by atoms with Crippen LogP contribution < -0.4 is 24.4 Å². The third-order valence-electron chi connectivity index (χ3n) is 5.43. The Kier molecular flexibility index (Phi) is 5.79. The topological polar surface area (TPSA) is 137 Å². The SMILES string of the molecule is O=C1NC(=O)N(c2ccc3c(c2)OCO3)C(=O)C1=Cc1ccc(OCc2cccc([N+](=O)[O-])c2)cc1. The zero-order chi connectivity index (χ0) is 25.2. The average molecular weight is 487 g/mol. The molecule has 11 heteroatoms. The molecule has 11 nitrogen and oxygen atoms in total. The molecule has 2 aliphatic heterocycles. The Balaban J connectivity index is 1.32. The van der Waals surface area contributed by atoms with E-state index in [1.54, 1.807) is 42.5 Å². The van der Waals surface area contributed by atoms with E-state index in [2.05, 4.69) is 5.32 Å². The number of amides is 4. The first-order valence-corrected chi connectivity index (χ1v) is 10.7. The molecule has 3 aromatic rings. The van der Waals surface area contributed by atoms with Gasteiger partial charge in [0.2, 0.25) is 6.79 Å². The largest absolute Gasteiger partial charge is 0.489 e. The molecule has 3 aromatic carbocycles. The maximum Gasteiger partial charge on any atom is 0.335 e. The molecule has 1 saturated heterocycles. The summed E-state index contributed by atoms with van der Waals surface area (Å²) in [4.78, 5) is 49.2. The number of non-ortho nitro benzene ring substituents is 1. The van der Waals surface area contributed by atoms with Crippen molar-refractivity contribution in [3.05, 3.63) is 93.5 Å². The zero-order valence-corrected chi connectivity index (χ0v) is 18.5. The van der Waals surface area contributed by atoms with Crippen molar-refractivity contribution in [2.75, 3.05) is 11.7 Å². The number of hydrogen-bond acceptors (Lipinski definition) is 8. The average Bonchev–Trinajstić information content (AvgIpc) is 3.34. The minimum Gasteiger partial charge on any atom is -0.489 e. The summed E-state index contributed by atoms with van der Waals surface area (Å²) in [7, 11) is 0. The van der Waals surface area contributed by atoms with Crippen LogP contribution in [0, 0.1) is 10.1 Å². The molecule has 5 rings (SSSR count). The summed E-state index contributed by atoms with van der Waals surface area (Å²) in [5, 5.41) is 13.1. The zero-order valence-electron chi connectivity index (χ0n) is 18.5. The first-order chi connectivity index (χ1) is 17.4. The lowest BCUT2D eigenvalue weighted by Gasteiger charge is -2.26. The number of benzene rings is 3. The molecule has 0 aromatic heterocycles. The minimum atomic E-state index is -0.870. The van der Waals surface area contributed by atoms with Gasteiger partial charge in [-0.2, -0.15) is 0 Å². The van der Waals surface area contributed by atoms with Crippen LogP contribution in [0.1, 0.15) is 11.1 Å². The molecule has 2 aliphatic rings. The van der Waals surface area contributed by atoms with Crippen molar-refractivity contribution >= 4 is 35.3 Å². The molecular formula is C25H17N3O8. The lowest BCUT2D eigenvalue weighted by atomic mass is 10.1. The van der Waals surface area contributed by atoms with Crippen LogP contribution in [0.5, 0.6) is 17.2 Å². The third kappa shape index (κ3) is 4.44. The smallest absolute Gasteiger partial charge is 0.335 e. The van der Waals surface area contributed by atoms with Gasteiger partial charge in [-0.05, 0) is 41.5 Å². The van der Waals surface area contributed by atoms with Gasteiger partial charge in [-0.3, -0.25) is 25.0 Å². The van der Waals surface area contributed by atoms with Crippen LogP contribution in [0.4, 0.5) is 16.2 Å². The number of imide groups is 2.